The number of benzene rings is 1. The molecule has 2 bridgehead atoms. The minimum atomic E-state index is 0.401. The third-order valence-corrected chi connectivity index (χ3v) is 4.65. The molecule has 2 heterocycles. The van der Waals surface area contributed by atoms with E-state index < -0.39 is 0 Å². The van der Waals surface area contributed by atoms with Crippen molar-refractivity contribution >= 4 is 11.4 Å². The van der Waals surface area contributed by atoms with Crippen LogP contribution >= 0.6 is 0 Å². The van der Waals surface area contributed by atoms with E-state index in [1.807, 2.05) is 0 Å². The van der Waals surface area contributed by atoms with Gasteiger partial charge >= 0.3 is 0 Å². The lowest BCUT2D eigenvalue weighted by atomic mass is 9.81. The Kier molecular flexibility index (Phi) is 3.40. The summed E-state index contributed by atoms with van der Waals surface area (Å²) in [5, 5.41) is 0. The molecule has 2 aliphatic heterocycles. The number of nitrogens with two attached hydrogens (primary N) is 1. The Balaban J connectivity index is 1.97. The van der Waals surface area contributed by atoms with Crippen LogP contribution in [-0.2, 0) is 0 Å². The summed E-state index contributed by atoms with van der Waals surface area (Å²) < 4.78 is 0. The maximum atomic E-state index is 6.23. The van der Waals surface area contributed by atoms with E-state index >= 15 is 0 Å². The Labute approximate surface area is 116 Å². The first-order valence-electron chi connectivity index (χ1n) is 7.47. The average molecular weight is 259 g/mol. The van der Waals surface area contributed by atoms with E-state index in [1.54, 1.807) is 0 Å². The number of nitrogens with zero attached hydrogens (tertiary/aromatic N) is 2. The molecule has 0 spiro atoms. The molecule has 0 aromatic heterocycles. The van der Waals surface area contributed by atoms with E-state index in [0.29, 0.717) is 18.1 Å². The molecule has 104 valence electrons. The fraction of sp³-hybridized carbons (Fsp3) is 0.625. The first-order chi connectivity index (χ1) is 9.16. The molecule has 2 unspecified atom stereocenters. The van der Waals surface area contributed by atoms with Crippen LogP contribution in [0.25, 0.3) is 0 Å². The Morgan fingerprint density at radius 1 is 1.11 bits per heavy atom. The fourth-order valence-corrected chi connectivity index (χ4v) is 3.88. The lowest BCUT2D eigenvalue weighted by molar-refractivity contribution is 0.271. The predicted molar refractivity (Wildman–Crippen MR) is 81.9 cm³/mol. The minimum absolute atomic E-state index is 0.401. The topological polar surface area (TPSA) is 32.5 Å². The number of para-hydroxylation sites is 2. The van der Waals surface area contributed by atoms with E-state index in [9.17, 15) is 0 Å². The van der Waals surface area contributed by atoms with E-state index in [4.69, 9.17) is 5.73 Å². The van der Waals surface area contributed by atoms with Crippen LogP contribution in [-0.4, -0.2) is 32.2 Å². The van der Waals surface area contributed by atoms with E-state index in [-0.39, 0.29) is 0 Å². The number of anilines is 2. The summed E-state index contributed by atoms with van der Waals surface area (Å²) in [7, 11) is 4.26. The van der Waals surface area contributed by atoms with Crippen LogP contribution in [0.15, 0.2) is 24.3 Å². The third kappa shape index (κ3) is 2.32. The van der Waals surface area contributed by atoms with Crippen LogP contribution in [0.4, 0.5) is 11.4 Å². The van der Waals surface area contributed by atoms with Gasteiger partial charge in [-0.2, -0.15) is 0 Å². The standard InChI is InChI=1S/C16H25N3/c1-18(2)15-8-3-4-9-16(15)19-13-6-5-7-14(19)11-12(17)10-13/h3-4,8-9,12-14H,5-7,10-11,17H2,1-2H3. The summed E-state index contributed by atoms with van der Waals surface area (Å²) in [6.07, 6.45) is 6.26. The van der Waals surface area contributed by atoms with Crippen molar-refractivity contribution in [3.05, 3.63) is 24.3 Å². The Morgan fingerprint density at radius 2 is 1.74 bits per heavy atom. The second kappa shape index (κ2) is 5.04. The molecule has 2 aliphatic rings. The van der Waals surface area contributed by atoms with Gasteiger partial charge in [-0.15, -0.1) is 0 Å². The molecular weight excluding hydrogens is 234 g/mol. The van der Waals surface area contributed by atoms with Gasteiger partial charge in [0.25, 0.3) is 0 Å². The quantitative estimate of drug-likeness (QED) is 0.886. The van der Waals surface area contributed by atoms with Crippen molar-refractivity contribution in [2.45, 2.75) is 50.2 Å². The lowest BCUT2D eigenvalue weighted by Crippen LogP contribution is -2.55. The van der Waals surface area contributed by atoms with Crippen LogP contribution < -0.4 is 15.5 Å². The summed E-state index contributed by atoms with van der Waals surface area (Å²) in [6.45, 7) is 0. The zero-order chi connectivity index (χ0) is 13.4. The normalized spacial score (nSPS) is 30.3. The van der Waals surface area contributed by atoms with Crippen molar-refractivity contribution in [2.75, 3.05) is 23.9 Å². The number of rotatable bonds is 2. The van der Waals surface area contributed by atoms with Crippen LogP contribution in [0.5, 0.6) is 0 Å². The summed E-state index contributed by atoms with van der Waals surface area (Å²) in [4.78, 5) is 4.89. The van der Waals surface area contributed by atoms with Gasteiger partial charge in [-0.05, 0) is 44.2 Å². The van der Waals surface area contributed by atoms with Gasteiger partial charge in [0.15, 0.2) is 0 Å². The third-order valence-electron chi connectivity index (χ3n) is 4.65. The van der Waals surface area contributed by atoms with Crippen LogP contribution in [0.2, 0.25) is 0 Å². The van der Waals surface area contributed by atoms with Crippen molar-refractivity contribution in [2.24, 2.45) is 5.73 Å². The molecule has 2 saturated heterocycles. The second-order valence-electron chi connectivity index (χ2n) is 6.26. The maximum Gasteiger partial charge on any atom is 0.0608 e. The van der Waals surface area contributed by atoms with Crippen molar-refractivity contribution in [1.82, 2.24) is 0 Å². The van der Waals surface area contributed by atoms with Gasteiger partial charge in [-0.25, -0.2) is 0 Å². The van der Waals surface area contributed by atoms with Crippen molar-refractivity contribution in [1.29, 1.82) is 0 Å². The zero-order valence-electron chi connectivity index (χ0n) is 12.0. The maximum absolute atomic E-state index is 6.23. The predicted octanol–water partition coefficient (Wildman–Crippen LogP) is 2.60. The van der Waals surface area contributed by atoms with E-state index in [1.165, 1.54) is 30.6 Å². The molecule has 2 fully saturated rings. The highest BCUT2D eigenvalue weighted by molar-refractivity contribution is 5.72. The van der Waals surface area contributed by atoms with Crippen LogP contribution in [0.1, 0.15) is 32.1 Å². The van der Waals surface area contributed by atoms with Gasteiger partial charge in [0.05, 0.1) is 11.4 Å². The largest absolute Gasteiger partial charge is 0.376 e. The SMILES string of the molecule is CN(C)c1ccccc1N1C2CCCC1CC(N)C2. The van der Waals surface area contributed by atoms with E-state index in [2.05, 4.69) is 48.2 Å². The zero-order valence-corrected chi connectivity index (χ0v) is 12.0. The molecule has 2 N–H and O–H groups in total. The molecule has 0 saturated carbocycles. The first-order valence-corrected chi connectivity index (χ1v) is 7.47. The molecule has 2 atom stereocenters. The Morgan fingerprint density at radius 3 is 2.37 bits per heavy atom. The van der Waals surface area contributed by atoms with Gasteiger partial charge < -0.3 is 15.5 Å². The lowest BCUT2D eigenvalue weighted by Gasteiger charge is -2.50. The molecule has 1 aromatic carbocycles. The summed E-state index contributed by atoms with van der Waals surface area (Å²) in [6, 6.07) is 10.5. The van der Waals surface area contributed by atoms with Crippen molar-refractivity contribution in [3.63, 3.8) is 0 Å². The highest BCUT2D eigenvalue weighted by atomic mass is 15.2. The minimum Gasteiger partial charge on any atom is -0.376 e. The fourth-order valence-electron chi connectivity index (χ4n) is 3.88. The monoisotopic (exact) mass is 259 g/mol. The van der Waals surface area contributed by atoms with Gasteiger partial charge in [0, 0.05) is 32.2 Å². The Bertz CT molecular complexity index is 429. The second-order valence-corrected chi connectivity index (χ2v) is 6.26. The summed E-state index contributed by atoms with van der Waals surface area (Å²) in [5.41, 5.74) is 8.95. The van der Waals surface area contributed by atoms with Crippen molar-refractivity contribution in [3.8, 4) is 0 Å². The van der Waals surface area contributed by atoms with E-state index in [0.717, 1.165) is 12.8 Å². The van der Waals surface area contributed by atoms with Crippen molar-refractivity contribution < 1.29 is 0 Å². The Hall–Kier alpha value is -1.22. The number of fused-ring (bicyclic) bond motifs is 2. The van der Waals surface area contributed by atoms with Gasteiger partial charge in [0.2, 0.25) is 0 Å². The number of hydrogen-bond donors (Lipinski definition) is 1. The smallest absolute Gasteiger partial charge is 0.0608 e. The molecule has 0 amide bonds. The number of piperidine rings is 2. The molecule has 0 aliphatic carbocycles. The molecule has 3 rings (SSSR count). The highest BCUT2D eigenvalue weighted by Crippen LogP contribution is 2.40. The number of hydrogen-bond acceptors (Lipinski definition) is 3. The van der Waals surface area contributed by atoms with Crippen LogP contribution in [0, 0.1) is 0 Å². The first kappa shape index (κ1) is 12.8. The van der Waals surface area contributed by atoms with Gasteiger partial charge in [0.1, 0.15) is 0 Å². The molecule has 3 nitrogen and oxygen atoms in total. The molecule has 3 heteroatoms. The molecular formula is C16H25N3. The highest BCUT2D eigenvalue weighted by Gasteiger charge is 2.37. The van der Waals surface area contributed by atoms with Gasteiger partial charge in [-0.3, -0.25) is 0 Å². The van der Waals surface area contributed by atoms with Crippen LogP contribution in [0.3, 0.4) is 0 Å². The summed E-state index contributed by atoms with van der Waals surface area (Å²) >= 11 is 0. The molecule has 19 heavy (non-hydrogen) atoms. The molecule has 0 radical (unpaired) electrons. The van der Waals surface area contributed by atoms with Gasteiger partial charge in [-0.1, -0.05) is 12.1 Å². The summed E-state index contributed by atoms with van der Waals surface area (Å²) in [5.74, 6) is 0. The molecule has 1 aromatic rings. The average Bonchev–Trinajstić information content (AvgIpc) is 2.37.